The van der Waals surface area contributed by atoms with Gasteiger partial charge in [0.05, 0.1) is 0 Å². The fourth-order valence-corrected chi connectivity index (χ4v) is 2.31. The molecular weight excluding hydrogens is 226 g/mol. The zero-order chi connectivity index (χ0) is 13.0. The van der Waals surface area contributed by atoms with Crippen molar-refractivity contribution in [3.05, 3.63) is 12.4 Å². The van der Waals surface area contributed by atoms with Crippen LogP contribution < -0.4 is 10.2 Å². The van der Waals surface area contributed by atoms with Crippen LogP contribution in [-0.4, -0.2) is 54.1 Å². The van der Waals surface area contributed by atoms with Crippen LogP contribution in [0.5, 0.6) is 0 Å². The lowest BCUT2D eigenvalue weighted by atomic mass is 10.2. The summed E-state index contributed by atoms with van der Waals surface area (Å²) in [5.74, 6) is 1.91. The molecule has 0 aromatic carbocycles. The van der Waals surface area contributed by atoms with E-state index < -0.39 is 0 Å². The minimum atomic E-state index is 0.686. The zero-order valence-electron chi connectivity index (χ0n) is 11.6. The number of anilines is 2. The largest absolute Gasteiger partial charge is 0.373 e. The molecule has 5 heteroatoms. The van der Waals surface area contributed by atoms with Crippen LogP contribution in [0.1, 0.15) is 20.3 Å². The zero-order valence-corrected chi connectivity index (χ0v) is 11.6. The summed E-state index contributed by atoms with van der Waals surface area (Å²) in [7, 11) is 1.88. The van der Waals surface area contributed by atoms with Crippen LogP contribution >= 0.6 is 0 Å². The predicted octanol–water partition coefficient (Wildman–Crippen LogP) is 1.44. The van der Waals surface area contributed by atoms with Crippen LogP contribution in [-0.2, 0) is 0 Å². The molecule has 1 atom stereocenters. The summed E-state index contributed by atoms with van der Waals surface area (Å²) in [6.45, 7) is 8.89. The van der Waals surface area contributed by atoms with Crippen molar-refractivity contribution in [3.63, 3.8) is 0 Å². The maximum absolute atomic E-state index is 4.36. The van der Waals surface area contributed by atoms with Crippen molar-refractivity contribution >= 4 is 11.6 Å². The molecule has 100 valence electrons. The average molecular weight is 249 g/mol. The van der Waals surface area contributed by atoms with Crippen LogP contribution in [0, 0.1) is 0 Å². The lowest BCUT2D eigenvalue weighted by Gasteiger charge is -2.38. The van der Waals surface area contributed by atoms with Crippen molar-refractivity contribution in [1.29, 1.82) is 0 Å². The Morgan fingerprint density at radius 2 is 2.00 bits per heavy atom. The van der Waals surface area contributed by atoms with Gasteiger partial charge in [-0.05, 0) is 13.3 Å². The summed E-state index contributed by atoms with van der Waals surface area (Å²) >= 11 is 0. The maximum atomic E-state index is 4.36. The molecule has 0 aliphatic carbocycles. The highest BCUT2D eigenvalue weighted by molar-refractivity contribution is 5.48. The van der Waals surface area contributed by atoms with Gasteiger partial charge in [0.25, 0.3) is 0 Å². The summed E-state index contributed by atoms with van der Waals surface area (Å²) in [5.41, 5.74) is 0. The monoisotopic (exact) mass is 249 g/mol. The van der Waals surface area contributed by atoms with E-state index in [4.69, 9.17) is 0 Å². The molecule has 0 spiro atoms. The second-order valence-corrected chi connectivity index (χ2v) is 4.79. The molecule has 1 saturated heterocycles. The van der Waals surface area contributed by atoms with Crippen LogP contribution in [0.4, 0.5) is 11.6 Å². The van der Waals surface area contributed by atoms with Crippen molar-refractivity contribution in [1.82, 2.24) is 14.9 Å². The molecule has 0 saturated carbocycles. The highest BCUT2D eigenvalue weighted by Gasteiger charge is 2.20. The average Bonchev–Trinajstić information content (AvgIpc) is 2.46. The Balaban J connectivity index is 1.96. The molecule has 5 nitrogen and oxygen atoms in total. The van der Waals surface area contributed by atoms with Crippen molar-refractivity contribution in [3.8, 4) is 0 Å². The van der Waals surface area contributed by atoms with E-state index in [9.17, 15) is 0 Å². The van der Waals surface area contributed by atoms with Gasteiger partial charge in [0, 0.05) is 45.3 Å². The summed E-state index contributed by atoms with van der Waals surface area (Å²) in [6.07, 6.45) is 2.85. The Morgan fingerprint density at radius 3 is 2.61 bits per heavy atom. The lowest BCUT2D eigenvalue weighted by Crippen LogP contribution is -2.49. The molecule has 1 aliphatic rings. The highest BCUT2D eigenvalue weighted by Crippen LogP contribution is 2.17. The van der Waals surface area contributed by atoms with Crippen molar-refractivity contribution < 1.29 is 0 Å². The van der Waals surface area contributed by atoms with Gasteiger partial charge >= 0.3 is 0 Å². The fraction of sp³-hybridized carbons (Fsp3) is 0.692. The Morgan fingerprint density at radius 1 is 1.28 bits per heavy atom. The second kappa shape index (κ2) is 6.00. The molecule has 2 rings (SSSR count). The Bertz CT molecular complexity index is 373. The van der Waals surface area contributed by atoms with Crippen LogP contribution in [0.3, 0.4) is 0 Å². The molecule has 1 unspecified atom stereocenters. The van der Waals surface area contributed by atoms with Gasteiger partial charge in [-0.25, -0.2) is 9.97 Å². The van der Waals surface area contributed by atoms with Gasteiger partial charge in [0.15, 0.2) is 0 Å². The van der Waals surface area contributed by atoms with E-state index in [1.54, 1.807) is 6.33 Å². The van der Waals surface area contributed by atoms with Gasteiger partial charge in [-0.15, -0.1) is 0 Å². The number of rotatable bonds is 4. The van der Waals surface area contributed by atoms with Crippen LogP contribution in [0.2, 0.25) is 0 Å². The van der Waals surface area contributed by atoms with Gasteiger partial charge in [-0.3, -0.25) is 4.90 Å². The third-order valence-corrected chi connectivity index (χ3v) is 3.76. The van der Waals surface area contributed by atoms with E-state index in [-0.39, 0.29) is 0 Å². The quantitative estimate of drug-likeness (QED) is 0.874. The van der Waals surface area contributed by atoms with E-state index >= 15 is 0 Å². The van der Waals surface area contributed by atoms with E-state index in [2.05, 4.69) is 38.9 Å². The van der Waals surface area contributed by atoms with E-state index in [1.807, 2.05) is 13.1 Å². The smallest absolute Gasteiger partial charge is 0.134 e. The number of aromatic nitrogens is 2. The molecule has 1 aromatic heterocycles. The number of nitrogens with zero attached hydrogens (tertiary/aromatic N) is 4. The fourth-order valence-electron chi connectivity index (χ4n) is 2.31. The summed E-state index contributed by atoms with van der Waals surface area (Å²) in [4.78, 5) is 13.4. The number of piperazine rings is 1. The minimum Gasteiger partial charge on any atom is -0.373 e. The van der Waals surface area contributed by atoms with Gasteiger partial charge in [0.1, 0.15) is 18.0 Å². The predicted molar refractivity (Wildman–Crippen MR) is 75.1 cm³/mol. The molecule has 2 heterocycles. The van der Waals surface area contributed by atoms with Crippen molar-refractivity contribution in [2.75, 3.05) is 43.4 Å². The Labute approximate surface area is 109 Å². The first-order valence-electron chi connectivity index (χ1n) is 6.73. The number of hydrogen-bond donors (Lipinski definition) is 1. The molecule has 1 aliphatic heterocycles. The first kappa shape index (κ1) is 13.1. The highest BCUT2D eigenvalue weighted by atomic mass is 15.3. The van der Waals surface area contributed by atoms with Crippen molar-refractivity contribution in [2.24, 2.45) is 0 Å². The molecule has 1 N–H and O–H groups in total. The Hall–Kier alpha value is -1.36. The Kier molecular flexibility index (Phi) is 4.36. The molecule has 0 bridgehead atoms. The van der Waals surface area contributed by atoms with Gasteiger partial charge < -0.3 is 10.2 Å². The first-order valence-corrected chi connectivity index (χ1v) is 6.73. The molecule has 18 heavy (non-hydrogen) atoms. The molecule has 0 radical (unpaired) electrons. The summed E-state index contributed by atoms with van der Waals surface area (Å²) < 4.78 is 0. The SMILES string of the molecule is CCC(C)N1CCN(c2cc(NC)ncn2)CC1. The molecular formula is C13H23N5. The molecule has 1 aromatic rings. The standard InChI is InChI=1S/C13H23N5/c1-4-11(2)17-5-7-18(8-6-17)13-9-12(14-3)15-10-16-13/h9-11H,4-8H2,1-3H3,(H,14,15,16). The lowest BCUT2D eigenvalue weighted by molar-refractivity contribution is 0.192. The number of hydrogen-bond acceptors (Lipinski definition) is 5. The summed E-state index contributed by atoms with van der Waals surface area (Å²) in [6, 6.07) is 2.70. The van der Waals surface area contributed by atoms with Crippen LogP contribution in [0.25, 0.3) is 0 Å². The van der Waals surface area contributed by atoms with Gasteiger partial charge in [-0.2, -0.15) is 0 Å². The minimum absolute atomic E-state index is 0.686. The van der Waals surface area contributed by atoms with Gasteiger partial charge in [0.2, 0.25) is 0 Å². The third kappa shape index (κ3) is 2.90. The van der Waals surface area contributed by atoms with Crippen LogP contribution in [0.15, 0.2) is 12.4 Å². The topological polar surface area (TPSA) is 44.3 Å². The summed E-state index contributed by atoms with van der Waals surface area (Å²) in [5, 5.41) is 3.05. The van der Waals surface area contributed by atoms with E-state index in [1.165, 1.54) is 6.42 Å². The normalized spacial score (nSPS) is 18.7. The van der Waals surface area contributed by atoms with Crippen molar-refractivity contribution in [2.45, 2.75) is 26.3 Å². The van der Waals surface area contributed by atoms with Gasteiger partial charge in [-0.1, -0.05) is 6.92 Å². The van der Waals surface area contributed by atoms with E-state index in [0.717, 1.165) is 37.8 Å². The van der Waals surface area contributed by atoms with E-state index in [0.29, 0.717) is 6.04 Å². The first-order chi connectivity index (χ1) is 8.74. The second-order valence-electron chi connectivity index (χ2n) is 4.79. The maximum Gasteiger partial charge on any atom is 0.134 e. The number of nitrogens with one attached hydrogen (secondary N) is 1. The third-order valence-electron chi connectivity index (χ3n) is 3.76. The molecule has 1 fully saturated rings. The molecule has 0 amide bonds.